The van der Waals surface area contributed by atoms with Crippen LogP contribution in [0, 0.1) is 0 Å². The summed E-state index contributed by atoms with van der Waals surface area (Å²) in [6, 6.07) is 39.1. The Hall–Kier alpha value is -4.62. The molecule has 0 heterocycles. The maximum Gasteiger partial charge on any atom is 0.213 e. The molecule has 0 aliphatic rings. The first-order valence-corrected chi connectivity index (χ1v) is 26.3. The minimum Gasteiger partial charge on any atom is -0.456 e. The van der Waals surface area contributed by atoms with E-state index in [9.17, 15) is 0 Å². The standard InChI is InChI=1S/C68H90O4.2H3P/c1-61(2,3)44-30-34-52(48(38-44)65(13,14)15)69-56-42-57(70-53-35-31-45(62(4,5)6)39-49(53)66(16,17)18)59(71-54-36-32-46(63(7,8)9)40-50(54)67(19,20)21)60(58(56)43-28-26-25-27-29-43)72-55-37-33-47(64(10,11)12)41-51(55)68(22,23)24;;/h25-42H,1-24H3;2*1H3. The van der Waals surface area contributed by atoms with Crippen LogP contribution in [-0.2, 0) is 43.3 Å². The van der Waals surface area contributed by atoms with Crippen molar-refractivity contribution in [2.75, 3.05) is 0 Å². The highest BCUT2D eigenvalue weighted by atomic mass is 31.0. The summed E-state index contributed by atoms with van der Waals surface area (Å²) in [4.78, 5) is 0. The zero-order valence-electron chi connectivity index (χ0n) is 50.4. The zero-order valence-corrected chi connectivity index (χ0v) is 53.3. The van der Waals surface area contributed by atoms with Crippen LogP contribution in [0.3, 0.4) is 0 Å². The zero-order chi connectivity index (χ0) is 53.9. The topological polar surface area (TPSA) is 36.9 Å². The van der Waals surface area contributed by atoms with Gasteiger partial charge in [0.25, 0.3) is 0 Å². The van der Waals surface area contributed by atoms with E-state index in [2.05, 4.69) is 263 Å². The molecule has 0 saturated heterocycles. The molecule has 0 bridgehead atoms. The van der Waals surface area contributed by atoms with Gasteiger partial charge in [-0.25, -0.2) is 0 Å². The average Bonchev–Trinajstić information content (AvgIpc) is 3.22. The smallest absolute Gasteiger partial charge is 0.213 e. The Labute approximate surface area is 456 Å². The van der Waals surface area contributed by atoms with Gasteiger partial charge in [-0.2, -0.15) is 19.8 Å². The maximum atomic E-state index is 7.69. The third-order valence-electron chi connectivity index (χ3n) is 13.7. The lowest BCUT2D eigenvalue weighted by Gasteiger charge is -2.31. The van der Waals surface area contributed by atoms with E-state index in [1.165, 1.54) is 22.3 Å². The van der Waals surface area contributed by atoms with Gasteiger partial charge in [0.1, 0.15) is 28.7 Å². The van der Waals surface area contributed by atoms with Crippen LogP contribution in [0.1, 0.15) is 211 Å². The first-order valence-electron chi connectivity index (χ1n) is 26.3. The van der Waals surface area contributed by atoms with Gasteiger partial charge in [-0.3, -0.25) is 0 Å². The SMILES string of the molecule is CC(C)(C)c1ccc(Oc2cc(Oc3ccc(C(C)(C)C)cc3C(C)(C)C)c(-c3ccccc3)c(Oc3ccc(C(C)(C)C)cc3C(C)(C)C)c2Oc2ccc(C(C)(C)C)cc2C(C)(C)C)c(C(C)(C)C)c1.P.P. The van der Waals surface area contributed by atoms with Gasteiger partial charge in [-0.05, 0) is 95.4 Å². The third kappa shape index (κ3) is 14.4. The molecule has 0 aliphatic carbocycles. The quantitative estimate of drug-likeness (QED) is 0.135. The molecule has 0 N–H and O–H groups in total. The van der Waals surface area contributed by atoms with Crippen LogP contribution in [-0.4, -0.2) is 0 Å². The van der Waals surface area contributed by atoms with Crippen molar-refractivity contribution in [3.05, 3.63) is 154 Å². The summed E-state index contributed by atoms with van der Waals surface area (Å²) in [6.07, 6.45) is 0. The van der Waals surface area contributed by atoms with Crippen LogP contribution in [0.25, 0.3) is 11.1 Å². The molecule has 4 nitrogen and oxygen atoms in total. The second-order valence-electron chi connectivity index (χ2n) is 28.5. The highest BCUT2D eigenvalue weighted by Gasteiger charge is 2.34. The van der Waals surface area contributed by atoms with Crippen molar-refractivity contribution in [2.24, 2.45) is 0 Å². The molecule has 6 aromatic carbocycles. The van der Waals surface area contributed by atoms with Crippen LogP contribution in [0.4, 0.5) is 0 Å². The summed E-state index contributed by atoms with van der Waals surface area (Å²) >= 11 is 0. The van der Waals surface area contributed by atoms with Gasteiger partial charge < -0.3 is 18.9 Å². The molecule has 0 amide bonds. The first-order chi connectivity index (χ1) is 32.7. The minimum absolute atomic E-state index is 0. The summed E-state index contributed by atoms with van der Waals surface area (Å²) < 4.78 is 30.3. The fraction of sp³-hybridized carbons (Fsp3) is 0.471. The first kappa shape index (κ1) is 61.9. The molecule has 74 heavy (non-hydrogen) atoms. The van der Waals surface area contributed by atoms with Gasteiger partial charge >= 0.3 is 0 Å². The summed E-state index contributed by atoms with van der Waals surface area (Å²) in [6.45, 7) is 54.1. The number of benzene rings is 6. The lowest BCUT2D eigenvalue weighted by Crippen LogP contribution is -2.18. The molecular formula is C68H96O4P2. The van der Waals surface area contributed by atoms with E-state index >= 15 is 0 Å². The average molecular weight is 1040 g/mol. The van der Waals surface area contributed by atoms with E-state index in [0.29, 0.717) is 23.0 Å². The van der Waals surface area contributed by atoms with Crippen LogP contribution in [0.2, 0.25) is 0 Å². The van der Waals surface area contributed by atoms with Gasteiger partial charge in [0, 0.05) is 28.3 Å². The molecule has 0 aliphatic heterocycles. The number of hydrogen-bond donors (Lipinski definition) is 0. The molecule has 0 aromatic heterocycles. The third-order valence-corrected chi connectivity index (χ3v) is 13.7. The van der Waals surface area contributed by atoms with Crippen LogP contribution in [0.15, 0.2) is 109 Å². The molecule has 0 spiro atoms. The highest BCUT2D eigenvalue weighted by molar-refractivity contribution is 6.92. The van der Waals surface area contributed by atoms with Crippen molar-refractivity contribution in [1.82, 2.24) is 0 Å². The highest BCUT2D eigenvalue weighted by Crippen LogP contribution is 2.57. The predicted molar refractivity (Wildman–Crippen MR) is 330 cm³/mol. The normalized spacial score (nSPS) is 12.9. The monoisotopic (exact) mass is 1040 g/mol. The van der Waals surface area contributed by atoms with Gasteiger partial charge in [0.15, 0.2) is 11.5 Å². The second-order valence-corrected chi connectivity index (χ2v) is 28.5. The van der Waals surface area contributed by atoms with Gasteiger partial charge in [0.2, 0.25) is 5.75 Å². The molecular weight excluding hydrogens is 943 g/mol. The molecule has 402 valence electrons. The Bertz CT molecular complexity index is 2900. The maximum absolute atomic E-state index is 7.69. The lowest BCUT2D eigenvalue weighted by atomic mass is 9.80. The molecule has 6 aromatic rings. The number of hydrogen-bond acceptors (Lipinski definition) is 4. The molecule has 0 saturated carbocycles. The number of rotatable bonds is 9. The lowest BCUT2D eigenvalue weighted by molar-refractivity contribution is 0.367. The van der Waals surface area contributed by atoms with E-state index in [1.54, 1.807) is 0 Å². The Morgan fingerprint density at radius 3 is 0.797 bits per heavy atom. The Balaban J connectivity index is 0.00000593. The van der Waals surface area contributed by atoms with E-state index in [4.69, 9.17) is 18.9 Å². The van der Waals surface area contributed by atoms with Crippen molar-refractivity contribution in [1.29, 1.82) is 0 Å². The predicted octanol–water partition coefficient (Wildman–Crippen LogP) is 21.0. The second kappa shape index (κ2) is 21.8. The molecule has 0 radical (unpaired) electrons. The Morgan fingerprint density at radius 2 is 0.514 bits per heavy atom. The minimum atomic E-state index is -0.285. The van der Waals surface area contributed by atoms with Crippen LogP contribution in [0.5, 0.6) is 46.0 Å². The Morgan fingerprint density at radius 1 is 0.243 bits per heavy atom. The molecule has 0 fully saturated rings. The van der Waals surface area contributed by atoms with Crippen LogP contribution < -0.4 is 18.9 Å². The molecule has 2 unspecified atom stereocenters. The van der Waals surface area contributed by atoms with E-state index in [1.807, 2.05) is 12.1 Å². The molecule has 2 atom stereocenters. The van der Waals surface area contributed by atoms with E-state index in [0.717, 1.165) is 56.4 Å². The van der Waals surface area contributed by atoms with E-state index in [-0.39, 0.29) is 63.1 Å². The molecule has 6 rings (SSSR count). The van der Waals surface area contributed by atoms with Crippen LogP contribution >= 0.6 is 19.8 Å². The summed E-state index contributed by atoms with van der Waals surface area (Å²) in [5, 5.41) is 0. The largest absolute Gasteiger partial charge is 0.456 e. The van der Waals surface area contributed by atoms with Crippen molar-refractivity contribution in [3.8, 4) is 57.1 Å². The fourth-order valence-corrected chi connectivity index (χ4v) is 8.97. The van der Waals surface area contributed by atoms with Crippen molar-refractivity contribution < 1.29 is 18.9 Å². The van der Waals surface area contributed by atoms with Gasteiger partial charge in [-0.15, -0.1) is 0 Å². The summed E-state index contributed by atoms with van der Waals surface area (Å²) in [7, 11) is 0. The van der Waals surface area contributed by atoms with Crippen molar-refractivity contribution in [3.63, 3.8) is 0 Å². The van der Waals surface area contributed by atoms with Crippen molar-refractivity contribution in [2.45, 2.75) is 209 Å². The summed E-state index contributed by atoms with van der Waals surface area (Å²) in [5.41, 5.74) is 9.58. The number of ether oxygens (including phenoxy) is 4. The fourth-order valence-electron chi connectivity index (χ4n) is 8.97. The van der Waals surface area contributed by atoms with Crippen molar-refractivity contribution >= 4 is 19.8 Å². The van der Waals surface area contributed by atoms with Gasteiger partial charge in [0.05, 0.1) is 5.56 Å². The van der Waals surface area contributed by atoms with Gasteiger partial charge in [-0.1, -0.05) is 245 Å². The summed E-state index contributed by atoms with van der Waals surface area (Å²) in [5.74, 6) is 4.96. The molecule has 6 heteroatoms. The Kier molecular flexibility index (Phi) is 18.2. The van der Waals surface area contributed by atoms with E-state index < -0.39 is 0 Å².